The molecule has 0 unspecified atom stereocenters. The molecule has 0 amide bonds. The molecule has 0 aliphatic heterocycles. The zero-order chi connectivity index (χ0) is 21.5. The van der Waals surface area contributed by atoms with Gasteiger partial charge < -0.3 is 24.8 Å². The van der Waals surface area contributed by atoms with Crippen LogP contribution in [0.25, 0.3) is 0 Å². The van der Waals surface area contributed by atoms with Crippen molar-refractivity contribution in [3.8, 4) is 5.75 Å². The van der Waals surface area contributed by atoms with Crippen molar-refractivity contribution >= 4 is 29.9 Å². The summed E-state index contributed by atoms with van der Waals surface area (Å²) in [5.74, 6) is 0.810. The highest BCUT2D eigenvalue weighted by Gasteiger charge is 2.28. The van der Waals surface area contributed by atoms with Crippen molar-refractivity contribution in [1.82, 2.24) is 10.6 Å². The van der Waals surface area contributed by atoms with Crippen molar-refractivity contribution in [2.75, 3.05) is 46.6 Å². The molecular formula is C20H33F3IN3O3. The summed E-state index contributed by atoms with van der Waals surface area (Å²) in [6, 6.07) is 5.17. The van der Waals surface area contributed by atoms with Gasteiger partial charge in [-0.2, -0.15) is 13.2 Å². The lowest BCUT2D eigenvalue weighted by Gasteiger charge is -2.14. The van der Waals surface area contributed by atoms with Crippen LogP contribution < -0.4 is 15.4 Å². The summed E-state index contributed by atoms with van der Waals surface area (Å²) >= 11 is 0. The Morgan fingerprint density at radius 3 is 2.53 bits per heavy atom. The number of benzene rings is 1. The van der Waals surface area contributed by atoms with Gasteiger partial charge in [-0.1, -0.05) is 12.1 Å². The SMILES string of the molecule is CCNC(=NCc1ccc(C)cc1OCC(F)(F)F)NCCCCOCCOC.I. The molecule has 0 spiro atoms. The maximum atomic E-state index is 12.5. The fraction of sp³-hybridized carbons (Fsp3) is 0.650. The Kier molecular flexibility index (Phi) is 15.7. The van der Waals surface area contributed by atoms with Crippen molar-refractivity contribution < 1.29 is 27.4 Å². The normalized spacial score (nSPS) is 11.7. The maximum Gasteiger partial charge on any atom is 0.422 e. The number of unbranched alkanes of at least 4 members (excludes halogenated alkanes) is 1. The van der Waals surface area contributed by atoms with E-state index < -0.39 is 12.8 Å². The molecule has 2 N–H and O–H groups in total. The molecule has 0 aliphatic carbocycles. The van der Waals surface area contributed by atoms with Crippen LogP contribution in [0.4, 0.5) is 13.2 Å². The Morgan fingerprint density at radius 2 is 1.87 bits per heavy atom. The van der Waals surface area contributed by atoms with E-state index in [0.29, 0.717) is 44.4 Å². The molecule has 0 atom stereocenters. The Hall–Kier alpha value is -1.27. The van der Waals surface area contributed by atoms with Crippen molar-refractivity contribution in [2.24, 2.45) is 4.99 Å². The van der Waals surface area contributed by atoms with Crippen LogP contribution in [0.5, 0.6) is 5.75 Å². The number of ether oxygens (including phenoxy) is 3. The molecule has 30 heavy (non-hydrogen) atoms. The average Bonchev–Trinajstić information content (AvgIpc) is 2.66. The van der Waals surface area contributed by atoms with E-state index in [9.17, 15) is 13.2 Å². The van der Waals surface area contributed by atoms with Crippen LogP contribution in [0.1, 0.15) is 30.9 Å². The summed E-state index contributed by atoms with van der Waals surface area (Å²) < 4.78 is 52.8. The molecule has 0 heterocycles. The quantitative estimate of drug-likeness (QED) is 0.169. The molecule has 0 saturated carbocycles. The minimum absolute atomic E-state index is 0. The van der Waals surface area contributed by atoms with E-state index in [1.807, 2.05) is 13.0 Å². The Labute approximate surface area is 194 Å². The van der Waals surface area contributed by atoms with E-state index in [0.717, 1.165) is 18.4 Å². The van der Waals surface area contributed by atoms with Crippen molar-refractivity contribution in [3.63, 3.8) is 0 Å². The molecule has 1 rings (SSSR count). The first-order chi connectivity index (χ1) is 13.9. The van der Waals surface area contributed by atoms with Gasteiger partial charge in [0.25, 0.3) is 0 Å². The lowest BCUT2D eigenvalue weighted by atomic mass is 10.1. The van der Waals surface area contributed by atoms with E-state index in [1.165, 1.54) is 0 Å². The van der Waals surface area contributed by atoms with Crippen LogP contribution in [0.2, 0.25) is 0 Å². The van der Waals surface area contributed by atoms with Gasteiger partial charge in [-0.25, -0.2) is 4.99 Å². The van der Waals surface area contributed by atoms with E-state index >= 15 is 0 Å². The van der Waals surface area contributed by atoms with E-state index in [2.05, 4.69) is 15.6 Å². The second-order valence-corrected chi connectivity index (χ2v) is 6.45. The minimum Gasteiger partial charge on any atom is -0.484 e. The number of aryl methyl sites for hydroxylation is 1. The summed E-state index contributed by atoms with van der Waals surface area (Å²) in [4.78, 5) is 4.46. The second-order valence-electron chi connectivity index (χ2n) is 6.45. The fourth-order valence-corrected chi connectivity index (χ4v) is 2.37. The number of halogens is 4. The number of hydrogen-bond acceptors (Lipinski definition) is 4. The van der Waals surface area contributed by atoms with Crippen LogP contribution in [0.15, 0.2) is 23.2 Å². The molecular weight excluding hydrogens is 514 g/mol. The number of hydrogen-bond donors (Lipinski definition) is 2. The van der Waals surface area contributed by atoms with Gasteiger partial charge in [0.05, 0.1) is 19.8 Å². The van der Waals surface area contributed by atoms with Gasteiger partial charge in [-0.15, -0.1) is 24.0 Å². The largest absolute Gasteiger partial charge is 0.484 e. The second kappa shape index (κ2) is 16.4. The summed E-state index contributed by atoms with van der Waals surface area (Å²) in [6.45, 7) is 5.88. The highest BCUT2D eigenvalue weighted by Crippen LogP contribution is 2.24. The van der Waals surface area contributed by atoms with Gasteiger partial charge in [0.1, 0.15) is 5.75 Å². The molecule has 0 aromatic heterocycles. The average molecular weight is 547 g/mol. The van der Waals surface area contributed by atoms with E-state index in [1.54, 1.807) is 26.2 Å². The number of aliphatic imine (C=N–C) groups is 1. The fourth-order valence-electron chi connectivity index (χ4n) is 2.37. The van der Waals surface area contributed by atoms with E-state index in [-0.39, 0.29) is 36.3 Å². The Bertz CT molecular complexity index is 617. The lowest BCUT2D eigenvalue weighted by molar-refractivity contribution is -0.153. The van der Waals surface area contributed by atoms with Crippen molar-refractivity contribution in [2.45, 2.75) is 39.4 Å². The van der Waals surface area contributed by atoms with Gasteiger partial charge in [0.2, 0.25) is 0 Å². The highest BCUT2D eigenvalue weighted by molar-refractivity contribution is 14.0. The Morgan fingerprint density at radius 1 is 1.10 bits per heavy atom. The molecule has 0 fully saturated rings. The number of nitrogens with zero attached hydrogens (tertiary/aromatic N) is 1. The smallest absolute Gasteiger partial charge is 0.422 e. The van der Waals surface area contributed by atoms with Gasteiger partial charge in [-0.05, 0) is 38.3 Å². The van der Waals surface area contributed by atoms with Crippen molar-refractivity contribution in [1.29, 1.82) is 0 Å². The van der Waals surface area contributed by atoms with Gasteiger partial charge in [-0.3, -0.25) is 0 Å². The number of nitrogens with one attached hydrogen (secondary N) is 2. The zero-order valence-electron chi connectivity index (χ0n) is 17.8. The van der Waals surface area contributed by atoms with Crippen molar-refractivity contribution in [3.05, 3.63) is 29.3 Å². The summed E-state index contributed by atoms with van der Waals surface area (Å²) in [5.41, 5.74) is 1.43. The monoisotopic (exact) mass is 547 g/mol. The van der Waals surface area contributed by atoms with Crippen LogP contribution >= 0.6 is 24.0 Å². The third kappa shape index (κ3) is 13.9. The first-order valence-electron chi connectivity index (χ1n) is 9.73. The van der Waals surface area contributed by atoms with Gasteiger partial charge in [0, 0.05) is 32.4 Å². The highest BCUT2D eigenvalue weighted by atomic mass is 127. The molecule has 1 aromatic rings. The zero-order valence-corrected chi connectivity index (χ0v) is 20.1. The topological polar surface area (TPSA) is 64.1 Å². The predicted molar refractivity (Wildman–Crippen MR) is 123 cm³/mol. The van der Waals surface area contributed by atoms with Crippen LogP contribution in [0, 0.1) is 6.92 Å². The summed E-state index contributed by atoms with van der Waals surface area (Å²) in [7, 11) is 1.64. The Balaban J connectivity index is 0.00000841. The molecule has 6 nitrogen and oxygen atoms in total. The summed E-state index contributed by atoms with van der Waals surface area (Å²) in [6.07, 6.45) is -2.57. The van der Waals surface area contributed by atoms with Crippen LogP contribution in [0.3, 0.4) is 0 Å². The van der Waals surface area contributed by atoms with E-state index in [4.69, 9.17) is 14.2 Å². The molecule has 0 saturated heterocycles. The number of rotatable bonds is 13. The van der Waals surface area contributed by atoms with Gasteiger partial charge >= 0.3 is 6.18 Å². The minimum atomic E-state index is -4.38. The molecule has 0 bridgehead atoms. The van der Waals surface area contributed by atoms with Crippen LogP contribution in [-0.4, -0.2) is 58.8 Å². The predicted octanol–water partition coefficient (Wildman–Crippen LogP) is 4.05. The number of methoxy groups -OCH3 is 1. The lowest BCUT2D eigenvalue weighted by Crippen LogP contribution is -2.37. The molecule has 10 heteroatoms. The first kappa shape index (κ1) is 28.7. The molecule has 1 aromatic carbocycles. The maximum absolute atomic E-state index is 12.5. The third-order valence-electron chi connectivity index (χ3n) is 3.81. The number of guanidine groups is 1. The third-order valence-corrected chi connectivity index (χ3v) is 3.81. The number of alkyl halides is 3. The van der Waals surface area contributed by atoms with Gasteiger partial charge in [0.15, 0.2) is 12.6 Å². The molecule has 0 aliphatic rings. The molecule has 0 radical (unpaired) electrons. The first-order valence-corrected chi connectivity index (χ1v) is 9.73. The standard InChI is InChI=1S/C20H32F3N3O3.HI/c1-4-24-19(25-9-5-6-10-28-12-11-27-3)26-14-17-8-7-16(2)13-18(17)29-15-20(21,22)23;/h7-8,13H,4-6,9-12,14-15H2,1-3H3,(H2,24,25,26);1H. The summed E-state index contributed by atoms with van der Waals surface area (Å²) in [5, 5.41) is 6.35. The van der Waals surface area contributed by atoms with Crippen LogP contribution in [-0.2, 0) is 16.0 Å². The molecule has 174 valence electrons.